The van der Waals surface area contributed by atoms with Gasteiger partial charge < -0.3 is 15.3 Å². The Balaban J connectivity index is 1.16. The summed E-state index contributed by atoms with van der Waals surface area (Å²) in [6, 6.07) is 19.3. The van der Waals surface area contributed by atoms with Gasteiger partial charge in [0.15, 0.2) is 5.60 Å². The highest BCUT2D eigenvalue weighted by atomic mass is 16.3. The lowest BCUT2D eigenvalue weighted by Gasteiger charge is -2.33. The second-order valence-corrected chi connectivity index (χ2v) is 9.78. The smallest absolute Gasteiger partial charge is 0.256 e. The highest BCUT2D eigenvalue weighted by Gasteiger charge is 2.56. The number of fused-ring (bicyclic) bond motifs is 1. The number of hydrogen-bond donors (Lipinski definition) is 2. The molecule has 1 saturated heterocycles. The number of piperidine rings is 1. The summed E-state index contributed by atoms with van der Waals surface area (Å²) in [6.45, 7) is 2.14. The number of nitrogens with one attached hydrogen (secondary N) is 1. The number of benzene rings is 2. The number of rotatable bonds is 7. The molecule has 168 valence electrons. The quantitative estimate of drug-likeness (QED) is 0.706. The summed E-state index contributed by atoms with van der Waals surface area (Å²) in [6.07, 6.45) is 4.34. The van der Waals surface area contributed by atoms with Crippen molar-refractivity contribution in [2.45, 2.75) is 37.7 Å². The molecule has 0 spiro atoms. The highest BCUT2D eigenvalue weighted by molar-refractivity contribution is 5.87. The van der Waals surface area contributed by atoms with Gasteiger partial charge in [0.1, 0.15) is 0 Å². The number of carbonyl (C=O) groups excluding carboxylic acids is 2. The van der Waals surface area contributed by atoms with Crippen molar-refractivity contribution in [3.8, 4) is 0 Å². The fraction of sp³-hybridized carbons (Fsp3) is 0.481. The minimum absolute atomic E-state index is 0.0327. The molecule has 2 aliphatic carbocycles. The van der Waals surface area contributed by atoms with E-state index in [0.717, 1.165) is 44.3 Å². The van der Waals surface area contributed by atoms with Gasteiger partial charge in [-0.15, -0.1) is 0 Å². The lowest BCUT2D eigenvalue weighted by Crippen LogP contribution is -2.49. The van der Waals surface area contributed by atoms with Crippen molar-refractivity contribution in [1.82, 2.24) is 10.2 Å². The molecule has 2 aromatic rings. The van der Waals surface area contributed by atoms with Crippen LogP contribution in [0, 0.1) is 23.7 Å². The van der Waals surface area contributed by atoms with E-state index in [9.17, 15) is 14.7 Å². The molecule has 5 rings (SSSR count). The van der Waals surface area contributed by atoms with E-state index in [4.69, 9.17) is 0 Å². The third kappa shape index (κ3) is 3.95. The summed E-state index contributed by atoms with van der Waals surface area (Å²) in [5.74, 6) is 1.22. The lowest BCUT2D eigenvalue weighted by molar-refractivity contribution is -0.147. The van der Waals surface area contributed by atoms with Gasteiger partial charge in [-0.1, -0.05) is 73.5 Å². The van der Waals surface area contributed by atoms with E-state index in [-0.39, 0.29) is 17.7 Å². The van der Waals surface area contributed by atoms with Crippen molar-refractivity contribution in [3.63, 3.8) is 0 Å². The number of carbonyl (C=O) groups is 2. The van der Waals surface area contributed by atoms with Crippen molar-refractivity contribution in [2.75, 3.05) is 19.6 Å². The summed E-state index contributed by atoms with van der Waals surface area (Å²) in [7, 11) is 0. The van der Waals surface area contributed by atoms with Crippen LogP contribution in [-0.4, -0.2) is 41.5 Å². The van der Waals surface area contributed by atoms with Gasteiger partial charge in [-0.3, -0.25) is 9.59 Å². The summed E-state index contributed by atoms with van der Waals surface area (Å²) in [5.41, 5.74) is 0.284. The zero-order chi connectivity index (χ0) is 22.1. The second kappa shape index (κ2) is 8.70. The van der Waals surface area contributed by atoms with Crippen molar-refractivity contribution in [1.29, 1.82) is 0 Å². The van der Waals surface area contributed by atoms with Gasteiger partial charge in [-0.25, -0.2) is 0 Å². The maximum Gasteiger partial charge on any atom is 0.256 e. The van der Waals surface area contributed by atoms with Crippen molar-refractivity contribution < 1.29 is 14.7 Å². The van der Waals surface area contributed by atoms with Gasteiger partial charge in [-0.2, -0.15) is 0 Å². The van der Waals surface area contributed by atoms with Gasteiger partial charge in [0.2, 0.25) is 5.91 Å². The molecule has 4 atom stereocenters. The average Bonchev–Trinajstić information content (AvgIpc) is 3.23. The Morgan fingerprint density at radius 3 is 2.16 bits per heavy atom. The summed E-state index contributed by atoms with van der Waals surface area (Å²) < 4.78 is 0. The van der Waals surface area contributed by atoms with Gasteiger partial charge in [0, 0.05) is 25.6 Å². The topological polar surface area (TPSA) is 69.6 Å². The molecule has 2 aromatic carbocycles. The van der Waals surface area contributed by atoms with Gasteiger partial charge >= 0.3 is 0 Å². The molecule has 5 heteroatoms. The van der Waals surface area contributed by atoms with Gasteiger partial charge in [-0.05, 0) is 41.7 Å². The maximum absolute atomic E-state index is 13.3. The van der Waals surface area contributed by atoms with Crippen LogP contribution in [-0.2, 0) is 21.6 Å². The first-order chi connectivity index (χ1) is 15.6. The van der Waals surface area contributed by atoms with Gasteiger partial charge in [0.05, 0.1) is 6.42 Å². The maximum atomic E-state index is 13.3. The van der Waals surface area contributed by atoms with Crippen LogP contribution in [0.5, 0.6) is 0 Å². The summed E-state index contributed by atoms with van der Waals surface area (Å²) in [5, 5.41) is 14.7. The number of aliphatic hydroxyl groups is 1. The van der Waals surface area contributed by atoms with Crippen LogP contribution in [0.15, 0.2) is 60.7 Å². The SMILES string of the molecule is O=C(Cc1ccccc1)N1CC2[C@H](CNC(=O)C(O)(c3ccccc3)C3CCCC3)[C@H]2C1. The first-order valence-electron chi connectivity index (χ1n) is 11.9. The first kappa shape index (κ1) is 21.2. The molecule has 3 fully saturated rings. The van der Waals surface area contributed by atoms with E-state index in [2.05, 4.69) is 5.32 Å². The van der Waals surface area contributed by atoms with Gasteiger partial charge in [0.25, 0.3) is 5.91 Å². The van der Waals surface area contributed by atoms with Crippen molar-refractivity contribution >= 4 is 11.8 Å². The molecule has 0 aromatic heterocycles. The Bertz CT molecular complexity index is 945. The zero-order valence-corrected chi connectivity index (χ0v) is 18.5. The van der Waals surface area contributed by atoms with Crippen LogP contribution < -0.4 is 5.32 Å². The highest BCUT2D eigenvalue weighted by Crippen LogP contribution is 2.51. The molecule has 0 bridgehead atoms. The third-order valence-corrected chi connectivity index (χ3v) is 7.93. The third-order valence-electron chi connectivity index (χ3n) is 7.93. The van der Waals surface area contributed by atoms with E-state index < -0.39 is 5.60 Å². The molecule has 32 heavy (non-hydrogen) atoms. The molecule has 2 unspecified atom stereocenters. The van der Waals surface area contributed by atoms with Crippen LogP contribution in [0.1, 0.15) is 36.8 Å². The standard InChI is InChI=1S/C27H32N2O3/c30-25(15-19-9-3-1-4-10-19)29-17-23-22(24(23)18-29)16-28-26(31)27(32,21-13-7-8-14-21)20-11-5-2-6-12-20/h1-6,9-12,21-24,32H,7-8,13-18H2,(H,28,31)/t22-,23-,24?,27?/m1/s1. The summed E-state index contributed by atoms with van der Waals surface area (Å²) >= 11 is 0. The second-order valence-electron chi connectivity index (χ2n) is 9.78. The Labute approximate surface area is 189 Å². The first-order valence-corrected chi connectivity index (χ1v) is 11.9. The number of hydrogen-bond acceptors (Lipinski definition) is 3. The lowest BCUT2D eigenvalue weighted by atomic mass is 9.79. The molecule has 3 aliphatic rings. The Morgan fingerprint density at radius 2 is 1.53 bits per heavy atom. The van der Waals surface area contributed by atoms with Crippen LogP contribution >= 0.6 is 0 Å². The monoisotopic (exact) mass is 432 g/mol. The number of likely N-dealkylation sites (tertiary alicyclic amines) is 1. The predicted octanol–water partition coefficient (Wildman–Crippen LogP) is 3.13. The van der Waals surface area contributed by atoms with Crippen LogP contribution in [0.3, 0.4) is 0 Å². The van der Waals surface area contributed by atoms with E-state index in [1.807, 2.05) is 65.6 Å². The van der Waals surface area contributed by atoms with E-state index in [1.165, 1.54) is 0 Å². The Kier molecular flexibility index (Phi) is 5.76. The predicted molar refractivity (Wildman–Crippen MR) is 123 cm³/mol. The molecule has 2 saturated carbocycles. The largest absolute Gasteiger partial charge is 0.375 e. The van der Waals surface area contributed by atoms with Crippen molar-refractivity contribution in [2.24, 2.45) is 23.7 Å². The zero-order valence-electron chi connectivity index (χ0n) is 18.5. The fourth-order valence-electron chi connectivity index (χ4n) is 5.97. The fourth-order valence-corrected chi connectivity index (χ4v) is 5.97. The molecule has 1 aliphatic heterocycles. The van der Waals surface area contributed by atoms with Crippen LogP contribution in [0.2, 0.25) is 0 Å². The van der Waals surface area contributed by atoms with E-state index in [1.54, 1.807) is 0 Å². The number of nitrogens with zero attached hydrogens (tertiary/aromatic N) is 1. The molecule has 0 radical (unpaired) electrons. The van der Waals surface area contributed by atoms with Crippen LogP contribution in [0.4, 0.5) is 0 Å². The molecule has 2 amide bonds. The molecule has 1 heterocycles. The Morgan fingerprint density at radius 1 is 0.938 bits per heavy atom. The minimum atomic E-state index is -1.46. The molecule has 5 nitrogen and oxygen atoms in total. The van der Waals surface area contributed by atoms with E-state index >= 15 is 0 Å². The molecular formula is C27H32N2O3. The molecule has 2 N–H and O–H groups in total. The summed E-state index contributed by atoms with van der Waals surface area (Å²) in [4.78, 5) is 27.8. The number of amides is 2. The minimum Gasteiger partial charge on any atom is -0.375 e. The van der Waals surface area contributed by atoms with Crippen molar-refractivity contribution in [3.05, 3.63) is 71.8 Å². The average molecular weight is 433 g/mol. The Hall–Kier alpha value is -2.66. The van der Waals surface area contributed by atoms with Crippen LogP contribution in [0.25, 0.3) is 0 Å². The molecular weight excluding hydrogens is 400 g/mol. The normalized spacial score (nSPS) is 26.4. The van der Waals surface area contributed by atoms with E-state index in [0.29, 0.717) is 36.3 Å².